The van der Waals surface area contributed by atoms with Crippen molar-refractivity contribution in [3.8, 4) is 5.75 Å². The lowest BCUT2D eigenvalue weighted by atomic mass is 10.1. The van der Waals surface area contributed by atoms with Crippen LogP contribution in [0.25, 0.3) is 6.08 Å². The van der Waals surface area contributed by atoms with E-state index >= 15 is 0 Å². The fourth-order valence-electron chi connectivity index (χ4n) is 3.05. The Morgan fingerprint density at radius 3 is 2.50 bits per heavy atom. The van der Waals surface area contributed by atoms with Crippen molar-refractivity contribution >= 4 is 88.3 Å². The highest BCUT2D eigenvalue weighted by molar-refractivity contribution is 14.1. The number of benzene rings is 3. The van der Waals surface area contributed by atoms with Gasteiger partial charge in [0.25, 0.3) is 0 Å². The molecule has 1 aliphatic heterocycles. The molecule has 3 aromatic carbocycles. The second kappa shape index (κ2) is 10.2. The molecular formula is C24H15Br3INO3. The number of hydrogen-bond acceptors (Lipinski definition) is 4. The molecule has 0 spiro atoms. The minimum absolute atomic E-state index is 0.248. The number of aliphatic imine (C=N–C) groups is 1. The summed E-state index contributed by atoms with van der Waals surface area (Å²) in [6.45, 7) is 2.43. The summed E-state index contributed by atoms with van der Waals surface area (Å²) in [7, 11) is 0. The maximum atomic E-state index is 12.4. The number of carbonyl (C=O) groups is 1. The van der Waals surface area contributed by atoms with Crippen molar-refractivity contribution in [3.63, 3.8) is 0 Å². The molecule has 0 amide bonds. The summed E-state index contributed by atoms with van der Waals surface area (Å²) in [6.07, 6.45) is 1.70. The summed E-state index contributed by atoms with van der Waals surface area (Å²) in [5.74, 6) is 0.519. The highest BCUT2D eigenvalue weighted by Crippen LogP contribution is 2.36. The third-order valence-corrected chi connectivity index (χ3v) is 7.50. The zero-order valence-electron chi connectivity index (χ0n) is 16.7. The number of carbonyl (C=O) groups excluding carboxylic acids is 1. The van der Waals surface area contributed by atoms with Gasteiger partial charge in [0.05, 0.1) is 8.95 Å². The molecule has 1 aliphatic rings. The van der Waals surface area contributed by atoms with Gasteiger partial charge in [-0.2, -0.15) is 0 Å². The van der Waals surface area contributed by atoms with Crippen molar-refractivity contribution in [1.82, 2.24) is 0 Å². The van der Waals surface area contributed by atoms with Crippen LogP contribution in [0.15, 0.2) is 78.7 Å². The summed E-state index contributed by atoms with van der Waals surface area (Å²) in [5.41, 5.74) is 3.96. The van der Waals surface area contributed by atoms with Crippen molar-refractivity contribution in [2.75, 3.05) is 0 Å². The molecule has 4 rings (SSSR count). The average molecular weight is 732 g/mol. The molecule has 32 heavy (non-hydrogen) atoms. The Kier molecular flexibility index (Phi) is 7.54. The molecule has 1 heterocycles. The van der Waals surface area contributed by atoms with Gasteiger partial charge in [0.2, 0.25) is 5.90 Å². The number of halogens is 4. The van der Waals surface area contributed by atoms with Crippen LogP contribution in [0.4, 0.5) is 0 Å². The monoisotopic (exact) mass is 729 g/mol. The number of nitrogens with zero attached hydrogens (tertiary/aromatic N) is 1. The van der Waals surface area contributed by atoms with Crippen LogP contribution >= 0.6 is 70.4 Å². The summed E-state index contributed by atoms with van der Waals surface area (Å²) in [6, 6.07) is 17.5. The third kappa shape index (κ3) is 5.52. The van der Waals surface area contributed by atoms with Gasteiger partial charge in [-0.3, -0.25) is 0 Å². The van der Waals surface area contributed by atoms with Crippen molar-refractivity contribution < 1.29 is 14.3 Å². The van der Waals surface area contributed by atoms with Crippen LogP contribution in [0.2, 0.25) is 0 Å². The van der Waals surface area contributed by atoms with Gasteiger partial charge in [-0.05, 0) is 127 Å². The molecule has 0 bridgehead atoms. The predicted octanol–water partition coefficient (Wildman–Crippen LogP) is 7.81. The Labute approximate surface area is 224 Å². The van der Waals surface area contributed by atoms with Crippen molar-refractivity contribution in [3.05, 3.63) is 99.5 Å². The van der Waals surface area contributed by atoms with Crippen LogP contribution in [0, 0.1) is 10.5 Å². The van der Waals surface area contributed by atoms with E-state index in [0.29, 0.717) is 18.3 Å². The molecule has 8 heteroatoms. The first-order valence-corrected chi connectivity index (χ1v) is 12.9. The van der Waals surface area contributed by atoms with E-state index in [4.69, 9.17) is 9.47 Å². The third-order valence-electron chi connectivity index (χ3n) is 4.62. The maximum absolute atomic E-state index is 12.4. The Morgan fingerprint density at radius 2 is 1.81 bits per heavy atom. The van der Waals surface area contributed by atoms with Gasteiger partial charge in [-0.25, -0.2) is 9.79 Å². The lowest BCUT2D eigenvalue weighted by Crippen LogP contribution is -2.05. The van der Waals surface area contributed by atoms with Gasteiger partial charge in [0.15, 0.2) is 5.70 Å². The van der Waals surface area contributed by atoms with Crippen LogP contribution in [0.3, 0.4) is 0 Å². The van der Waals surface area contributed by atoms with Crippen LogP contribution in [-0.4, -0.2) is 11.9 Å². The highest BCUT2D eigenvalue weighted by atomic mass is 127. The normalized spacial score (nSPS) is 14.5. The smallest absolute Gasteiger partial charge is 0.363 e. The molecule has 0 unspecified atom stereocenters. The molecule has 162 valence electrons. The Hall–Kier alpha value is -1.49. The van der Waals surface area contributed by atoms with E-state index in [1.54, 1.807) is 6.08 Å². The van der Waals surface area contributed by atoms with E-state index in [9.17, 15) is 4.79 Å². The summed E-state index contributed by atoms with van der Waals surface area (Å²) >= 11 is 12.9. The molecule has 4 nitrogen and oxygen atoms in total. The summed E-state index contributed by atoms with van der Waals surface area (Å²) < 4.78 is 15.1. The minimum Gasteiger partial charge on any atom is -0.487 e. The number of aryl methyl sites for hydroxylation is 1. The number of hydrogen-bond donors (Lipinski definition) is 0. The first-order valence-electron chi connectivity index (χ1n) is 9.45. The molecule has 0 fully saturated rings. The topological polar surface area (TPSA) is 47.9 Å². The number of cyclic esters (lactones) is 1. The second-order valence-corrected chi connectivity index (χ2v) is 10.8. The Morgan fingerprint density at radius 1 is 1.06 bits per heavy atom. The molecule has 0 aliphatic carbocycles. The maximum Gasteiger partial charge on any atom is 0.363 e. The molecule has 0 saturated heterocycles. The molecule has 0 radical (unpaired) electrons. The van der Waals surface area contributed by atoms with E-state index in [-0.39, 0.29) is 5.70 Å². The van der Waals surface area contributed by atoms with Gasteiger partial charge in [0.1, 0.15) is 12.4 Å². The lowest BCUT2D eigenvalue weighted by Gasteiger charge is -2.12. The van der Waals surface area contributed by atoms with Gasteiger partial charge in [0, 0.05) is 13.6 Å². The van der Waals surface area contributed by atoms with Crippen molar-refractivity contribution in [1.29, 1.82) is 0 Å². The first-order chi connectivity index (χ1) is 15.3. The number of ether oxygens (including phenoxy) is 2. The van der Waals surface area contributed by atoms with Crippen molar-refractivity contribution in [2.45, 2.75) is 13.5 Å². The molecule has 0 saturated carbocycles. The molecule has 0 N–H and O–H groups in total. The van der Waals surface area contributed by atoms with E-state index in [1.807, 2.05) is 61.5 Å². The SMILES string of the molecule is Cc1cc(C2=N/C(=C\c3cc(Br)c(OCc4cccc(Br)c4)c(Br)c3)C(=O)O2)ccc1I. The van der Waals surface area contributed by atoms with E-state index in [1.165, 1.54) is 0 Å². The van der Waals surface area contributed by atoms with Crippen LogP contribution in [0.1, 0.15) is 22.3 Å². The second-order valence-electron chi connectivity index (χ2n) is 7.03. The van der Waals surface area contributed by atoms with Gasteiger partial charge < -0.3 is 9.47 Å². The fourth-order valence-corrected chi connectivity index (χ4v) is 5.28. The standard InChI is InChI=1S/C24H15Br3INO3/c1-13-7-16(5-6-20(13)28)23-29-21(24(30)32-23)11-15-9-18(26)22(19(27)10-15)31-12-14-3-2-4-17(25)8-14/h2-11H,12H2,1H3/b21-11-. The van der Waals surface area contributed by atoms with Crippen LogP contribution < -0.4 is 4.74 Å². The quantitative estimate of drug-likeness (QED) is 0.153. The summed E-state index contributed by atoms with van der Waals surface area (Å²) in [4.78, 5) is 16.8. The van der Waals surface area contributed by atoms with E-state index in [2.05, 4.69) is 75.4 Å². The molecule has 0 atom stereocenters. The van der Waals surface area contributed by atoms with Crippen LogP contribution in [0.5, 0.6) is 5.75 Å². The van der Waals surface area contributed by atoms with E-state index < -0.39 is 5.97 Å². The minimum atomic E-state index is -0.474. The fraction of sp³-hybridized carbons (Fsp3) is 0.0833. The number of rotatable bonds is 5. The molecule has 3 aromatic rings. The number of esters is 1. The zero-order valence-corrected chi connectivity index (χ0v) is 23.6. The van der Waals surface area contributed by atoms with Gasteiger partial charge in [-0.15, -0.1) is 0 Å². The molecular weight excluding hydrogens is 717 g/mol. The molecule has 0 aromatic heterocycles. The zero-order chi connectivity index (χ0) is 22.8. The predicted molar refractivity (Wildman–Crippen MR) is 145 cm³/mol. The summed E-state index contributed by atoms with van der Waals surface area (Å²) in [5, 5.41) is 0. The highest BCUT2D eigenvalue weighted by Gasteiger charge is 2.24. The first kappa shape index (κ1) is 23.7. The Balaban J connectivity index is 1.56. The van der Waals surface area contributed by atoms with Gasteiger partial charge in [-0.1, -0.05) is 28.1 Å². The van der Waals surface area contributed by atoms with Crippen LogP contribution in [-0.2, 0) is 16.1 Å². The Bertz CT molecular complexity index is 1260. The average Bonchev–Trinajstić information content (AvgIpc) is 3.10. The van der Waals surface area contributed by atoms with Gasteiger partial charge >= 0.3 is 5.97 Å². The van der Waals surface area contributed by atoms with Crippen molar-refractivity contribution in [2.24, 2.45) is 4.99 Å². The van der Waals surface area contributed by atoms with E-state index in [0.717, 1.165) is 39.2 Å². The lowest BCUT2D eigenvalue weighted by molar-refractivity contribution is -0.129. The largest absolute Gasteiger partial charge is 0.487 e.